The fourth-order valence-electron chi connectivity index (χ4n) is 3.06. The van der Waals surface area contributed by atoms with Crippen molar-refractivity contribution in [2.75, 3.05) is 0 Å². The predicted octanol–water partition coefficient (Wildman–Crippen LogP) is 3.09. The third kappa shape index (κ3) is 3.54. The van der Waals surface area contributed by atoms with Crippen molar-refractivity contribution in [1.29, 1.82) is 0 Å². The molecule has 23 heavy (non-hydrogen) atoms. The Kier molecular flexibility index (Phi) is 5.39. The largest absolute Gasteiger partial charge is 0.351 e. The van der Waals surface area contributed by atoms with Crippen LogP contribution in [0.3, 0.4) is 0 Å². The zero-order valence-electron chi connectivity index (χ0n) is 12.8. The maximum absolute atomic E-state index is 12.9. The molecular weight excluding hydrogens is 315 g/mol. The van der Waals surface area contributed by atoms with E-state index in [1.807, 2.05) is 12.1 Å². The first-order valence-electron chi connectivity index (χ1n) is 7.45. The molecule has 0 saturated carbocycles. The molecule has 0 aliphatic heterocycles. The Bertz CT molecular complexity index is 690. The smallest absolute Gasteiger partial charge is 0.241 e. The minimum absolute atomic E-state index is 0. The van der Waals surface area contributed by atoms with Crippen molar-refractivity contribution in [3.05, 3.63) is 71.0 Å². The van der Waals surface area contributed by atoms with Gasteiger partial charge in [0.2, 0.25) is 5.91 Å². The summed E-state index contributed by atoms with van der Waals surface area (Å²) in [4.78, 5) is 12.4. The summed E-state index contributed by atoms with van der Waals surface area (Å²) in [6.45, 7) is 2.11. The number of nitrogens with two attached hydrogens (primary N) is 1. The molecule has 122 valence electrons. The second kappa shape index (κ2) is 7.11. The van der Waals surface area contributed by atoms with Gasteiger partial charge in [0.1, 0.15) is 11.9 Å². The molecule has 1 aliphatic carbocycles. The number of nitrogens with one attached hydrogen (secondary N) is 1. The Morgan fingerprint density at radius 3 is 2.52 bits per heavy atom. The van der Waals surface area contributed by atoms with Gasteiger partial charge < -0.3 is 11.1 Å². The van der Waals surface area contributed by atoms with Crippen molar-refractivity contribution >= 4 is 18.3 Å². The molecule has 2 unspecified atom stereocenters. The predicted molar refractivity (Wildman–Crippen MR) is 91.1 cm³/mol. The Labute approximate surface area is 141 Å². The van der Waals surface area contributed by atoms with Gasteiger partial charge in [-0.2, -0.15) is 0 Å². The zero-order chi connectivity index (χ0) is 15.7. The third-order valence-electron chi connectivity index (χ3n) is 4.43. The second-order valence-corrected chi connectivity index (χ2v) is 5.84. The highest BCUT2D eigenvalue weighted by atomic mass is 35.5. The first-order chi connectivity index (χ1) is 10.6. The highest BCUT2D eigenvalue weighted by molar-refractivity contribution is 5.85. The summed E-state index contributed by atoms with van der Waals surface area (Å²) in [5.41, 5.74) is 9.15. The molecule has 2 aromatic carbocycles. The van der Waals surface area contributed by atoms with E-state index in [2.05, 4.69) is 24.4 Å². The monoisotopic (exact) mass is 334 g/mol. The summed E-state index contributed by atoms with van der Waals surface area (Å²) < 4.78 is 12.9. The molecule has 5 heteroatoms. The average molecular weight is 335 g/mol. The van der Waals surface area contributed by atoms with Gasteiger partial charge in [0.25, 0.3) is 0 Å². The Morgan fingerprint density at radius 2 is 1.87 bits per heavy atom. The number of halogens is 2. The van der Waals surface area contributed by atoms with Crippen molar-refractivity contribution < 1.29 is 9.18 Å². The van der Waals surface area contributed by atoms with Crippen LogP contribution in [0.25, 0.3) is 0 Å². The van der Waals surface area contributed by atoms with Crippen LogP contribution in [0, 0.1) is 5.82 Å². The number of carbonyl (C=O) groups excluding carboxylic acids is 1. The highest BCUT2D eigenvalue weighted by Gasteiger charge is 2.31. The van der Waals surface area contributed by atoms with Crippen LogP contribution in [0.5, 0.6) is 0 Å². The minimum Gasteiger partial charge on any atom is -0.351 e. The Balaban J connectivity index is 0.00000192. The summed E-state index contributed by atoms with van der Waals surface area (Å²) in [6.07, 6.45) is 0.819. The van der Waals surface area contributed by atoms with Crippen molar-refractivity contribution in [2.45, 2.75) is 31.3 Å². The van der Waals surface area contributed by atoms with Crippen LogP contribution in [-0.4, -0.2) is 11.9 Å². The second-order valence-electron chi connectivity index (χ2n) is 5.84. The number of benzene rings is 2. The normalized spacial score (nSPS) is 20.3. The van der Waals surface area contributed by atoms with Crippen LogP contribution in [0.1, 0.15) is 35.6 Å². The van der Waals surface area contributed by atoms with Crippen LogP contribution in [-0.2, 0) is 11.2 Å². The van der Waals surface area contributed by atoms with Gasteiger partial charge in [0, 0.05) is 12.0 Å². The van der Waals surface area contributed by atoms with E-state index in [4.69, 9.17) is 5.73 Å². The van der Waals surface area contributed by atoms with E-state index >= 15 is 0 Å². The van der Waals surface area contributed by atoms with E-state index in [1.165, 1.54) is 23.3 Å². The maximum atomic E-state index is 12.9. The minimum atomic E-state index is -0.781. The molecule has 0 fully saturated rings. The van der Waals surface area contributed by atoms with Crippen LogP contribution in [0.15, 0.2) is 48.5 Å². The van der Waals surface area contributed by atoms with Crippen LogP contribution < -0.4 is 11.1 Å². The van der Waals surface area contributed by atoms with E-state index in [-0.39, 0.29) is 36.1 Å². The van der Waals surface area contributed by atoms with Gasteiger partial charge in [-0.3, -0.25) is 4.79 Å². The number of hydrogen-bond donors (Lipinski definition) is 2. The Morgan fingerprint density at radius 1 is 1.22 bits per heavy atom. The topological polar surface area (TPSA) is 55.1 Å². The zero-order valence-corrected chi connectivity index (χ0v) is 13.6. The van der Waals surface area contributed by atoms with Crippen molar-refractivity contribution in [2.24, 2.45) is 5.73 Å². The number of fused-ring (bicyclic) bond motifs is 1. The summed E-state index contributed by atoms with van der Waals surface area (Å²) in [7, 11) is 0. The van der Waals surface area contributed by atoms with E-state index < -0.39 is 6.04 Å². The first kappa shape index (κ1) is 17.4. The fraction of sp³-hybridized carbons (Fsp3) is 0.278. The molecule has 0 radical (unpaired) electrons. The van der Waals surface area contributed by atoms with E-state index in [0.717, 1.165) is 6.42 Å². The number of carbonyl (C=O) groups is 1. The lowest BCUT2D eigenvalue weighted by molar-refractivity contribution is -0.123. The molecule has 3 nitrogen and oxygen atoms in total. The lowest BCUT2D eigenvalue weighted by atomic mass is 10.00. The fourth-order valence-corrected chi connectivity index (χ4v) is 3.06. The van der Waals surface area contributed by atoms with E-state index in [0.29, 0.717) is 5.56 Å². The molecule has 1 amide bonds. The van der Waals surface area contributed by atoms with Crippen molar-refractivity contribution in [3.63, 3.8) is 0 Å². The molecular formula is C18H20ClFN2O. The lowest BCUT2D eigenvalue weighted by Gasteiger charge is -2.21. The summed E-state index contributed by atoms with van der Waals surface area (Å²) in [5.74, 6) is -0.298. The molecule has 3 N–H and O–H groups in total. The molecule has 0 saturated heterocycles. The quantitative estimate of drug-likeness (QED) is 0.906. The van der Waals surface area contributed by atoms with Crippen molar-refractivity contribution in [3.8, 4) is 0 Å². The molecule has 3 rings (SSSR count). The molecule has 0 heterocycles. The molecule has 0 spiro atoms. The van der Waals surface area contributed by atoms with Gasteiger partial charge in [-0.1, -0.05) is 43.3 Å². The summed E-state index contributed by atoms with van der Waals surface area (Å²) >= 11 is 0. The Hall–Kier alpha value is -1.91. The maximum Gasteiger partial charge on any atom is 0.241 e. The first-order valence-corrected chi connectivity index (χ1v) is 7.45. The van der Waals surface area contributed by atoms with Gasteiger partial charge in [0.05, 0.1) is 0 Å². The standard InChI is InChI=1S/C18H19FN2O.ClH/c1-11-15-5-3-2-4-13(15)10-16(11)21-18(22)17(20)12-6-8-14(19)9-7-12;/h2-9,11,16-17H,10,20H2,1H3,(H,21,22);1H/t11?,16?,17-;/m0./s1. The van der Waals surface area contributed by atoms with Gasteiger partial charge >= 0.3 is 0 Å². The van der Waals surface area contributed by atoms with Crippen molar-refractivity contribution in [1.82, 2.24) is 5.32 Å². The van der Waals surface area contributed by atoms with Gasteiger partial charge in [-0.25, -0.2) is 4.39 Å². The van der Waals surface area contributed by atoms with Crippen LogP contribution in [0.4, 0.5) is 4.39 Å². The summed E-state index contributed by atoms with van der Waals surface area (Å²) in [5, 5.41) is 3.03. The molecule has 0 bridgehead atoms. The SMILES string of the molecule is CC1c2ccccc2CC1NC(=O)[C@@H](N)c1ccc(F)cc1.Cl. The molecule has 1 aliphatic rings. The van der Waals surface area contributed by atoms with Gasteiger partial charge in [-0.15, -0.1) is 12.4 Å². The number of amides is 1. The molecule has 3 atom stereocenters. The van der Waals surface area contributed by atoms with Crippen LogP contribution in [0.2, 0.25) is 0 Å². The van der Waals surface area contributed by atoms with E-state index in [1.54, 1.807) is 12.1 Å². The van der Waals surface area contributed by atoms with Gasteiger partial charge in [-0.05, 0) is 35.2 Å². The number of rotatable bonds is 3. The van der Waals surface area contributed by atoms with E-state index in [9.17, 15) is 9.18 Å². The summed E-state index contributed by atoms with van der Waals surface area (Å²) in [6, 6.07) is 13.2. The molecule has 0 aromatic heterocycles. The third-order valence-corrected chi connectivity index (χ3v) is 4.43. The van der Waals surface area contributed by atoms with Gasteiger partial charge in [0.15, 0.2) is 0 Å². The van der Waals surface area contributed by atoms with Crippen LogP contribution >= 0.6 is 12.4 Å². The molecule has 2 aromatic rings. The average Bonchev–Trinajstić information content (AvgIpc) is 2.84. The lowest BCUT2D eigenvalue weighted by Crippen LogP contribution is -2.42. The number of hydrogen-bond acceptors (Lipinski definition) is 2. The highest BCUT2D eigenvalue weighted by Crippen LogP contribution is 2.32.